The van der Waals surface area contributed by atoms with Crippen LogP contribution >= 0.6 is 0 Å². The number of pyridine rings is 1. The lowest BCUT2D eigenvalue weighted by molar-refractivity contribution is 0.101. The zero-order valence-electron chi connectivity index (χ0n) is 18.3. The van der Waals surface area contributed by atoms with Gasteiger partial charge in [-0.3, -0.25) is 15.0 Å². The lowest BCUT2D eigenvalue weighted by atomic mass is 10.1. The molecule has 0 atom stereocenters. The SMILES string of the molecule is O=C(Nn1ccc2c(cnc3c(-c4ccc(F)cc4)cnn32)c1=O)c1ccc2c(c1)OCCCO2. The molecule has 4 heterocycles. The van der Waals surface area contributed by atoms with Gasteiger partial charge in [0, 0.05) is 29.9 Å². The number of hydrogen-bond donors (Lipinski definition) is 1. The number of amides is 1. The monoisotopic (exact) mass is 471 g/mol. The van der Waals surface area contributed by atoms with Gasteiger partial charge in [0.25, 0.3) is 11.5 Å². The fourth-order valence-corrected chi connectivity index (χ4v) is 4.02. The molecule has 6 rings (SSSR count). The van der Waals surface area contributed by atoms with Crippen molar-refractivity contribution in [2.45, 2.75) is 6.42 Å². The second-order valence-electron chi connectivity index (χ2n) is 8.00. The summed E-state index contributed by atoms with van der Waals surface area (Å²) in [6.45, 7) is 1.05. The molecule has 174 valence electrons. The smallest absolute Gasteiger partial charge is 0.280 e. The van der Waals surface area contributed by atoms with E-state index in [1.54, 1.807) is 47.1 Å². The topological polar surface area (TPSA) is 99.8 Å². The molecule has 1 amide bonds. The van der Waals surface area contributed by atoms with Crippen LogP contribution in [0.5, 0.6) is 11.5 Å². The highest BCUT2D eigenvalue weighted by atomic mass is 19.1. The zero-order chi connectivity index (χ0) is 23.9. The second-order valence-corrected chi connectivity index (χ2v) is 8.00. The number of carbonyl (C=O) groups is 1. The number of carbonyl (C=O) groups excluding carboxylic acids is 1. The molecule has 3 aromatic heterocycles. The third-order valence-electron chi connectivity index (χ3n) is 5.78. The Morgan fingerprint density at radius 2 is 1.80 bits per heavy atom. The minimum atomic E-state index is -0.478. The second kappa shape index (κ2) is 8.24. The van der Waals surface area contributed by atoms with Crippen LogP contribution in [0.3, 0.4) is 0 Å². The number of benzene rings is 2. The Morgan fingerprint density at radius 3 is 2.63 bits per heavy atom. The van der Waals surface area contributed by atoms with Crippen LogP contribution in [-0.4, -0.2) is 38.4 Å². The molecule has 0 radical (unpaired) electrons. The lowest BCUT2D eigenvalue weighted by Crippen LogP contribution is -2.33. The Kier molecular flexibility index (Phi) is 4.91. The van der Waals surface area contributed by atoms with E-state index in [1.807, 2.05) is 0 Å². The van der Waals surface area contributed by atoms with Gasteiger partial charge in [0.2, 0.25) is 0 Å². The first-order valence-corrected chi connectivity index (χ1v) is 10.9. The lowest BCUT2D eigenvalue weighted by Gasteiger charge is -2.12. The summed E-state index contributed by atoms with van der Waals surface area (Å²) in [5.74, 6) is 0.256. The molecule has 0 aliphatic carbocycles. The molecule has 35 heavy (non-hydrogen) atoms. The van der Waals surface area contributed by atoms with Crippen molar-refractivity contribution in [3.05, 3.63) is 88.9 Å². The van der Waals surface area contributed by atoms with Crippen molar-refractivity contribution in [2.24, 2.45) is 0 Å². The first-order chi connectivity index (χ1) is 17.1. The third-order valence-corrected chi connectivity index (χ3v) is 5.78. The summed E-state index contributed by atoms with van der Waals surface area (Å²) in [5.41, 5.74) is 4.98. The fourth-order valence-electron chi connectivity index (χ4n) is 4.02. The van der Waals surface area contributed by atoms with E-state index in [0.717, 1.165) is 16.7 Å². The molecule has 1 aliphatic rings. The van der Waals surface area contributed by atoms with Gasteiger partial charge in [0.1, 0.15) is 5.82 Å². The number of nitrogens with zero attached hydrogens (tertiary/aromatic N) is 4. The maximum Gasteiger partial charge on any atom is 0.280 e. The van der Waals surface area contributed by atoms with Gasteiger partial charge in [-0.1, -0.05) is 12.1 Å². The van der Waals surface area contributed by atoms with Crippen molar-refractivity contribution in [3.63, 3.8) is 0 Å². The number of rotatable bonds is 3. The average molecular weight is 471 g/mol. The van der Waals surface area contributed by atoms with Crippen molar-refractivity contribution in [1.29, 1.82) is 0 Å². The first kappa shape index (κ1) is 20.8. The molecule has 0 saturated carbocycles. The Morgan fingerprint density at radius 1 is 1.00 bits per heavy atom. The van der Waals surface area contributed by atoms with Gasteiger partial charge in [0.15, 0.2) is 17.1 Å². The van der Waals surface area contributed by atoms with Crippen molar-refractivity contribution in [3.8, 4) is 22.6 Å². The molecule has 0 bridgehead atoms. The number of hydrogen-bond acceptors (Lipinski definition) is 6. The average Bonchev–Trinajstić information content (AvgIpc) is 3.16. The van der Waals surface area contributed by atoms with E-state index in [2.05, 4.69) is 15.5 Å². The summed E-state index contributed by atoms with van der Waals surface area (Å²) in [5, 5.41) is 4.64. The summed E-state index contributed by atoms with van der Waals surface area (Å²) in [7, 11) is 0. The molecule has 1 aliphatic heterocycles. The minimum Gasteiger partial charge on any atom is -0.490 e. The third kappa shape index (κ3) is 3.65. The largest absolute Gasteiger partial charge is 0.490 e. The Labute approximate surface area is 197 Å². The van der Waals surface area contributed by atoms with Crippen LogP contribution < -0.4 is 20.5 Å². The maximum absolute atomic E-state index is 13.3. The molecule has 0 saturated heterocycles. The predicted molar refractivity (Wildman–Crippen MR) is 126 cm³/mol. The van der Waals surface area contributed by atoms with Crippen LogP contribution in [0.25, 0.3) is 27.7 Å². The van der Waals surface area contributed by atoms with Gasteiger partial charge in [-0.15, -0.1) is 0 Å². The maximum atomic E-state index is 13.3. The zero-order valence-corrected chi connectivity index (χ0v) is 18.3. The molecule has 0 fully saturated rings. The van der Waals surface area contributed by atoms with Crippen LogP contribution in [0.15, 0.2) is 71.9 Å². The molecule has 1 N–H and O–H groups in total. The van der Waals surface area contributed by atoms with Gasteiger partial charge >= 0.3 is 0 Å². The quantitative estimate of drug-likeness (QED) is 0.433. The standard InChI is InChI=1S/C25H18FN5O4/c26-17-5-2-15(3-6-17)18-14-28-31-20-8-9-30(25(33)19(20)13-27-23(18)31)29-24(32)16-4-7-21-22(12-16)35-11-1-10-34-21/h2-9,12-14H,1,10-11H2,(H,29,32). The van der Waals surface area contributed by atoms with Crippen molar-refractivity contribution in [2.75, 3.05) is 18.6 Å². The predicted octanol–water partition coefficient (Wildman–Crippen LogP) is 3.40. The van der Waals surface area contributed by atoms with E-state index in [9.17, 15) is 14.0 Å². The fraction of sp³-hybridized carbons (Fsp3) is 0.120. The molecule has 2 aromatic carbocycles. The highest BCUT2D eigenvalue weighted by Gasteiger charge is 2.17. The van der Waals surface area contributed by atoms with E-state index in [-0.39, 0.29) is 11.2 Å². The first-order valence-electron chi connectivity index (χ1n) is 10.9. The number of nitrogens with one attached hydrogen (secondary N) is 1. The summed E-state index contributed by atoms with van der Waals surface area (Å²) in [6.07, 6.45) is 5.28. The molecule has 0 spiro atoms. The molecular formula is C25H18FN5O4. The van der Waals surface area contributed by atoms with E-state index in [0.29, 0.717) is 47.0 Å². The van der Waals surface area contributed by atoms with Crippen LogP contribution in [0.2, 0.25) is 0 Å². The highest BCUT2D eigenvalue weighted by Crippen LogP contribution is 2.30. The van der Waals surface area contributed by atoms with Gasteiger partial charge in [-0.2, -0.15) is 5.10 Å². The van der Waals surface area contributed by atoms with Gasteiger partial charge in [-0.05, 0) is 42.0 Å². The summed E-state index contributed by atoms with van der Waals surface area (Å²) < 4.78 is 27.2. The van der Waals surface area contributed by atoms with E-state index >= 15 is 0 Å². The number of fused-ring (bicyclic) bond motifs is 4. The summed E-state index contributed by atoms with van der Waals surface area (Å²) >= 11 is 0. The van der Waals surface area contributed by atoms with Crippen molar-refractivity contribution >= 4 is 22.5 Å². The molecule has 9 nitrogen and oxygen atoms in total. The van der Waals surface area contributed by atoms with Crippen LogP contribution in [-0.2, 0) is 0 Å². The number of aromatic nitrogens is 4. The van der Waals surface area contributed by atoms with Crippen molar-refractivity contribution in [1.82, 2.24) is 19.3 Å². The molecule has 0 unspecified atom stereocenters. The van der Waals surface area contributed by atoms with Gasteiger partial charge in [0.05, 0.1) is 30.3 Å². The van der Waals surface area contributed by atoms with E-state index < -0.39 is 11.5 Å². The number of ether oxygens (including phenoxy) is 2. The normalized spacial score (nSPS) is 13.1. The molecular weight excluding hydrogens is 453 g/mol. The van der Waals surface area contributed by atoms with Crippen LogP contribution in [0.4, 0.5) is 4.39 Å². The summed E-state index contributed by atoms with van der Waals surface area (Å²) in [6, 6.07) is 12.6. The molecule has 10 heteroatoms. The van der Waals surface area contributed by atoms with Crippen molar-refractivity contribution < 1.29 is 18.7 Å². The Hall–Kier alpha value is -4.73. The summed E-state index contributed by atoms with van der Waals surface area (Å²) in [4.78, 5) is 30.4. The van der Waals surface area contributed by atoms with Crippen LogP contribution in [0, 0.1) is 5.82 Å². The molecule has 5 aromatic rings. The Balaban J connectivity index is 1.34. The van der Waals surface area contributed by atoms with Gasteiger partial charge in [-0.25, -0.2) is 18.6 Å². The van der Waals surface area contributed by atoms with E-state index in [4.69, 9.17) is 9.47 Å². The minimum absolute atomic E-state index is 0.271. The Bertz CT molecular complexity index is 1660. The van der Waals surface area contributed by atoms with Gasteiger partial charge < -0.3 is 9.47 Å². The van der Waals surface area contributed by atoms with Crippen LogP contribution in [0.1, 0.15) is 16.8 Å². The number of halogens is 1. The van der Waals surface area contributed by atoms with E-state index in [1.165, 1.54) is 24.5 Å². The highest BCUT2D eigenvalue weighted by molar-refractivity contribution is 6.00.